The molecular weight excluding hydrogens is 325 g/mol. The Labute approximate surface area is 125 Å². The fourth-order valence-electron chi connectivity index (χ4n) is 1.71. The van der Waals surface area contributed by atoms with Crippen molar-refractivity contribution in [1.82, 2.24) is 0 Å². The van der Waals surface area contributed by atoms with Crippen LogP contribution in [-0.4, -0.2) is 31.4 Å². The molecule has 0 fully saturated rings. The van der Waals surface area contributed by atoms with E-state index in [9.17, 15) is 31.7 Å². The highest BCUT2D eigenvalue weighted by Gasteiger charge is 2.33. The molecule has 22 heavy (non-hydrogen) atoms. The zero-order valence-corrected chi connectivity index (χ0v) is 12.7. The van der Waals surface area contributed by atoms with Gasteiger partial charge in [0.2, 0.25) is 0 Å². The molecular formula is C12H15F3N2O4S. The van der Waals surface area contributed by atoms with Gasteiger partial charge in [-0.15, -0.1) is 0 Å². The highest BCUT2D eigenvalue weighted by atomic mass is 32.2. The normalized spacial score (nSPS) is 13.7. The number of rotatable bonds is 6. The lowest BCUT2D eigenvalue weighted by Crippen LogP contribution is -2.20. The van der Waals surface area contributed by atoms with Crippen molar-refractivity contribution in [2.24, 2.45) is 0 Å². The zero-order chi connectivity index (χ0) is 17.1. The minimum atomic E-state index is -4.68. The van der Waals surface area contributed by atoms with E-state index >= 15 is 0 Å². The van der Waals surface area contributed by atoms with Crippen molar-refractivity contribution in [1.29, 1.82) is 0 Å². The van der Waals surface area contributed by atoms with Crippen LogP contribution in [0.15, 0.2) is 18.2 Å². The Hall–Kier alpha value is -1.84. The van der Waals surface area contributed by atoms with Gasteiger partial charge in [-0.3, -0.25) is 10.1 Å². The van der Waals surface area contributed by atoms with Gasteiger partial charge in [0, 0.05) is 18.4 Å². The Morgan fingerprint density at radius 1 is 1.36 bits per heavy atom. The lowest BCUT2D eigenvalue weighted by atomic mass is 10.1. The fraction of sp³-hybridized carbons (Fsp3) is 0.500. The van der Waals surface area contributed by atoms with Crippen LogP contribution in [0.2, 0.25) is 0 Å². The van der Waals surface area contributed by atoms with Crippen molar-refractivity contribution in [3.63, 3.8) is 0 Å². The number of hydrogen-bond donors (Lipinski definition) is 1. The van der Waals surface area contributed by atoms with E-state index in [4.69, 9.17) is 0 Å². The topological polar surface area (TPSA) is 89.3 Å². The van der Waals surface area contributed by atoms with Crippen LogP contribution in [0.1, 0.15) is 18.9 Å². The molecule has 0 amide bonds. The Morgan fingerprint density at radius 3 is 2.41 bits per heavy atom. The maximum absolute atomic E-state index is 12.6. The van der Waals surface area contributed by atoms with E-state index in [1.54, 1.807) is 6.92 Å². The van der Waals surface area contributed by atoms with Crippen molar-refractivity contribution < 1.29 is 26.5 Å². The van der Waals surface area contributed by atoms with E-state index in [1.165, 1.54) is 0 Å². The van der Waals surface area contributed by atoms with E-state index in [2.05, 4.69) is 5.32 Å². The summed E-state index contributed by atoms with van der Waals surface area (Å²) in [6, 6.07) is 1.70. The highest BCUT2D eigenvalue weighted by Crippen LogP contribution is 2.35. The molecule has 10 heteroatoms. The van der Waals surface area contributed by atoms with Gasteiger partial charge in [-0.05, 0) is 25.5 Å². The average Bonchev–Trinajstić information content (AvgIpc) is 2.34. The van der Waals surface area contributed by atoms with Gasteiger partial charge in [0.15, 0.2) is 0 Å². The van der Waals surface area contributed by atoms with Gasteiger partial charge in [-0.25, -0.2) is 8.42 Å². The standard InChI is InChI=1S/C12H15F3N2O4S/c1-8(5-6-22(2,20)21)16-10-4-3-9(12(13,14)15)7-11(10)17(18)19/h3-4,7-8,16H,5-6H2,1-2H3. The van der Waals surface area contributed by atoms with Crippen molar-refractivity contribution in [2.45, 2.75) is 25.6 Å². The van der Waals surface area contributed by atoms with Crippen LogP contribution in [0, 0.1) is 10.1 Å². The Morgan fingerprint density at radius 2 is 1.95 bits per heavy atom. The van der Waals surface area contributed by atoms with Crippen LogP contribution in [0.4, 0.5) is 24.5 Å². The summed E-state index contributed by atoms with van der Waals surface area (Å²) in [7, 11) is -3.19. The first-order valence-electron chi connectivity index (χ1n) is 6.20. The van der Waals surface area contributed by atoms with E-state index in [1.807, 2.05) is 0 Å². The summed E-state index contributed by atoms with van der Waals surface area (Å²) in [6.07, 6.45) is -3.44. The maximum atomic E-state index is 12.6. The molecule has 0 aliphatic rings. The highest BCUT2D eigenvalue weighted by molar-refractivity contribution is 7.90. The van der Waals surface area contributed by atoms with Crippen LogP contribution >= 0.6 is 0 Å². The number of alkyl halides is 3. The molecule has 1 unspecified atom stereocenters. The Bertz CT molecular complexity index is 659. The quantitative estimate of drug-likeness (QED) is 0.635. The average molecular weight is 340 g/mol. The molecule has 0 saturated heterocycles. The maximum Gasteiger partial charge on any atom is 0.416 e. The number of halogens is 3. The molecule has 1 rings (SSSR count). The third kappa shape index (κ3) is 5.51. The van der Waals surface area contributed by atoms with Crippen molar-refractivity contribution in [3.05, 3.63) is 33.9 Å². The molecule has 6 nitrogen and oxygen atoms in total. The van der Waals surface area contributed by atoms with Crippen LogP contribution in [0.5, 0.6) is 0 Å². The molecule has 0 saturated carbocycles. The Balaban J connectivity index is 2.97. The molecule has 0 bridgehead atoms. The van der Waals surface area contributed by atoms with Crippen LogP contribution in [0.25, 0.3) is 0 Å². The molecule has 1 N–H and O–H groups in total. The van der Waals surface area contributed by atoms with Crippen molar-refractivity contribution >= 4 is 21.2 Å². The van der Waals surface area contributed by atoms with E-state index < -0.39 is 38.2 Å². The molecule has 1 aromatic carbocycles. The third-order valence-electron chi connectivity index (χ3n) is 2.85. The third-order valence-corrected chi connectivity index (χ3v) is 3.82. The first-order chi connectivity index (χ1) is 9.90. The number of nitro groups is 1. The SMILES string of the molecule is CC(CCS(C)(=O)=O)Nc1ccc(C(F)(F)F)cc1[N+](=O)[O-]. The number of benzene rings is 1. The second-order valence-corrected chi connectivity index (χ2v) is 7.21. The summed E-state index contributed by atoms with van der Waals surface area (Å²) in [5.74, 6) is -0.129. The van der Waals surface area contributed by atoms with Gasteiger partial charge >= 0.3 is 6.18 Å². The number of nitrogens with one attached hydrogen (secondary N) is 1. The summed E-state index contributed by atoms with van der Waals surface area (Å²) < 4.78 is 59.8. The summed E-state index contributed by atoms with van der Waals surface area (Å²) in [4.78, 5) is 9.99. The van der Waals surface area contributed by atoms with Gasteiger partial charge in [0.25, 0.3) is 5.69 Å². The largest absolute Gasteiger partial charge is 0.416 e. The summed E-state index contributed by atoms with van der Waals surface area (Å²) in [5, 5.41) is 13.6. The minimum absolute atomic E-state index is 0.0843. The van der Waals surface area contributed by atoms with Crippen LogP contribution in [-0.2, 0) is 16.0 Å². The van der Waals surface area contributed by atoms with Gasteiger partial charge in [0.05, 0.1) is 16.2 Å². The monoisotopic (exact) mass is 340 g/mol. The predicted molar refractivity (Wildman–Crippen MR) is 75.5 cm³/mol. The molecule has 0 aromatic heterocycles. The first-order valence-corrected chi connectivity index (χ1v) is 8.26. The molecule has 0 heterocycles. The summed E-state index contributed by atoms with van der Waals surface area (Å²) in [5.41, 5.74) is -1.91. The number of nitrogens with zero attached hydrogens (tertiary/aromatic N) is 1. The van der Waals surface area contributed by atoms with Crippen LogP contribution in [0.3, 0.4) is 0 Å². The van der Waals surface area contributed by atoms with Crippen LogP contribution < -0.4 is 5.32 Å². The molecule has 1 atom stereocenters. The lowest BCUT2D eigenvalue weighted by Gasteiger charge is -2.15. The first kappa shape index (κ1) is 18.2. The lowest BCUT2D eigenvalue weighted by molar-refractivity contribution is -0.384. The molecule has 1 aromatic rings. The number of hydrogen-bond acceptors (Lipinski definition) is 5. The molecule has 0 aliphatic carbocycles. The van der Waals surface area contributed by atoms with Crippen molar-refractivity contribution in [3.8, 4) is 0 Å². The van der Waals surface area contributed by atoms with Crippen molar-refractivity contribution in [2.75, 3.05) is 17.3 Å². The second kappa shape index (κ2) is 6.51. The summed E-state index contributed by atoms with van der Waals surface area (Å²) in [6.45, 7) is 1.59. The van der Waals surface area contributed by atoms with Gasteiger partial charge < -0.3 is 5.32 Å². The molecule has 0 radical (unpaired) electrons. The molecule has 124 valence electrons. The number of sulfone groups is 1. The van der Waals surface area contributed by atoms with Gasteiger partial charge in [-0.2, -0.15) is 13.2 Å². The summed E-state index contributed by atoms with van der Waals surface area (Å²) >= 11 is 0. The zero-order valence-electron chi connectivity index (χ0n) is 11.8. The van der Waals surface area contributed by atoms with E-state index in [-0.39, 0.29) is 17.9 Å². The Kier molecular flexibility index (Phi) is 5.39. The molecule has 0 spiro atoms. The smallest absolute Gasteiger partial charge is 0.377 e. The number of nitro benzene ring substituents is 1. The minimum Gasteiger partial charge on any atom is -0.377 e. The second-order valence-electron chi connectivity index (χ2n) is 4.95. The van der Waals surface area contributed by atoms with E-state index in [0.29, 0.717) is 6.07 Å². The number of anilines is 1. The molecule has 0 aliphatic heterocycles. The predicted octanol–water partition coefficient (Wildman–Crippen LogP) is 2.85. The van der Waals surface area contributed by atoms with E-state index in [0.717, 1.165) is 18.4 Å². The fourth-order valence-corrected chi connectivity index (χ4v) is 2.49. The van der Waals surface area contributed by atoms with Gasteiger partial charge in [0.1, 0.15) is 15.5 Å². The van der Waals surface area contributed by atoms with Gasteiger partial charge in [-0.1, -0.05) is 0 Å².